The summed E-state index contributed by atoms with van der Waals surface area (Å²) in [5.41, 5.74) is 3.36. The fraction of sp³-hybridized carbons (Fsp3) is 0.655. The van der Waals surface area contributed by atoms with E-state index in [4.69, 9.17) is 5.11 Å². The Kier molecular flexibility index (Phi) is 9.52. The zero-order chi connectivity index (χ0) is 24.6. The Labute approximate surface area is 210 Å². The fourth-order valence-electron chi connectivity index (χ4n) is 5.87. The summed E-state index contributed by atoms with van der Waals surface area (Å²) in [5.74, 6) is 0.584. The summed E-state index contributed by atoms with van der Waals surface area (Å²) >= 11 is 0. The summed E-state index contributed by atoms with van der Waals surface area (Å²) in [5, 5.41) is 10.0. The minimum atomic E-state index is -0.0511. The van der Waals surface area contributed by atoms with Crippen molar-refractivity contribution < 1.29 is 14.7 Å². The van der Waals surface area contributed by atoms with E-state index in [9.17, 15) is 9.59 Å². The first-order chi connectivity index (χ1) is 17.1. The van der Waals surface area contributed by atoms with E-state index in [-0.39, 0.29) is 24.7 Å². The van der Waals surface area contributed by atoms with Gasteiger partial charge >= 0.3 is 0 Å². The van der Waals surface area contributed by atoms with Gasteiger partial charge in [0, 0.05) is 86.8 Å². The number of para-hydroxylation sites is 1. The highest BCUT2D eigenvalue weighted by Crippen LogP contribution is 2.35. The molecule has 2 aliphatic rings. The molecule has 0 bridgehead atoms. The van der Waals surface area contributed by atoms with E-state index in [1.54, 1.807) is 0 Å². The third kappa shape index (κ3) is 6.41. The van der Waals surface area contributed by atoms with Gasteiger partial charge in [0.1, 0.15) is 5.78 Å². The first-order valence-electron chi connectivity index (χ1n) is 13.8. The molecule has 2 aromatic rings. The van der Waals surface area contributed by atoms with Crippen LogP contribution in [0.3, 0.4) is 0 Å². The lowest BCUT2D eigenvalue weighted by Crippen LogP contribution is -2.49. The fourth-order valence-corrected chi connectivity index (χ4v) is 5.87. The van der Waals surface area contributed by atoms with Crippen LogP contribution in [0.4, 0.5) is 0 Å². The number of aryl methyl sites for hydroxylation is 1. The average Bonchev–Trinajstić information content (AvgIpc) is 3.19. The molecule has 2 heterocycles. The Balaban J connectivity index is 1.38. The molecule has 1 aromatic heterocycles. The molecule has 35 heavy (non-hydrogen) atoms. The summed E-state index contributed by atoms with van der Waals surface area (Å²) in [6.07, 6.45) is 8.10. The number of aliphatic hydroxyl groups excluding tert-OH is 1. The Morgan fingerprint density at radius 1 is 0.971 bits per heavy atom. The highest BCUT2D eigenvalue weighted by molar-refractivity contribution is 6.11. The zero-order valence-corrected chi connectivity index (χ0v) is 21.5. The molecular formula is C29H43N3O3. The van der Waals surface area contributed by atoms with Crippen molar-refractivity contribution in [1.29, 1.82) is 0 Å². The topological polar surface area (TPSA) is 65.8 Å². The predicted molar refractivity (Wildman–Crippen MR) is 141 cm³/mol. The molecule has 0 radical (unpaired) electrons. The quantitative estimate of drug-likeness (QED) is 0.432. The molecule has 1 N–H and O–H groups in total. The number of hydrogen-bond acceptors (Lipinski definition) is 5. The van der Waals surface area contributed by atoms with E-state index in [0.717, 1.165) is 82.3 Å². The molecule has 192 valence electrons. The molecule has 4 rings (SSSR count). The molecule has 1 aromatic carbocycles. The molecule has 1 unspecified atom stereocenters. The molecule has 0 saturated carbocycles. The van der Waals surface area contributed by atoms with Crippen LogP contribution in [0.2, 0.25) is 0 Å². The third-order valence-corrected chi connectivity index (χ3v) is 7.92. The number of hydrogen-bond donors (Lipinski definition) is 1. The molecule has 0 spiro atoms. The van der Waals surface area contributed by atoms with Crippen molar-refractivity contribution in [3.05, 3.63) is 35.5 Å². The van der Waals surface area contributed by atoms with Crippen LogP contribution in [0.15, 0.2) is 24.3 Å². The highest BCUT2D eigenvalue weighted by Gasteiger charge is 2.34. The second kappa shape index (κ2) is 12.8. The van der Waals surface area contributed by atoms with Crippen LogP contribution in [-0.4, -0.2) is 76.9 Å². The number of Topliss-reactive ketones (excluding diaryl/α,β-unsaturated/α-hetero) is 2. The lowest BCUT2D eigenvalue weighted by molar-refractivity contribution is -0.119. The zero-order valence-electron chi connectivity index (χ0n) is 21.5. The smallest absolute Gasteiger partial charge is 0.169 e. The standard InChI is InChI=1S/C29H43N3O3/c1-2-3-15-30-17-19-31(20-18-30)22-23-12-13-27-28(29(23)35)25-10-6-7-11-26(25)32(27)16-8-4-5-9-24(34)14-21-33/h6-7,10-11,23,33H,2-5,8-9,12-22H2,1H3. The number of carbonyl (C=O) groups excluding carboxylic acids is 2. The van der Waals surface area contributed by atoms with Gasteiger partial charge in [-0.3, -0.25) is 9.59 Å². The number of fused-ring (bicyclic) bond motifs is 3. The van der Waals surface area contributed by atoms with Crippen LogP contribution in [-0.2, 0) is 17.8 Å². The number of ketones is 2. The van der Waals surface area contributed by atoms with E-state index in [0.29, 0.717) is 12.2 Å². The van der Waals surface area contributed by atoms with Gasteiger partial charge in [-0.25, -0.2) is 0 Å². The summed E-state index contributed by atoms with van der Waals surface area (Å²) < 4.78 is 2.38. The van der Waals surface area contributed by atoms with Gasteiger partial charge in [0.05, 0.1) is 0 Å². The van der Waals surface area contributed by atoms with Gasteiger partial charge < -0.3 is 19.5 Å². The summed E-state index contributed by atoms with van der Waals surface area (Å²) in [4.78, 5) is 30.5. The van der Waals surface area contributed by atoms with Gasteiger partial charge in [0.15, 0.2) is 5.78 Å². The number of aliphatic hydroxyl groups is 1. The second-order valence-electron chi connectivity index (χ2n) is 10.4. The predicted octanol–water partition coefficient (Wildman–Crippen LogP) is 4.32. The van der Waals surface area contributed by atoms with Crippen molar-refractivity contribution in [1.82, 2.24) is 14.4 Å². The third-order valence-electron chi connectivity index (χ3n) is 7.92. The Morgan fingerprint density at radius 3 is 2.51 bits per heavy atom. The van der Waals surface area contributed by atoms with Crippen LogP contribution in [0.25, 0.3) is 10.9 Å². The van der Waals surface area contributed by atoms with Crippen molar-refractivity contribution >= 4 is 22.5 Å². The number of piperazine rings is 1. The normalized spacial score (nSPS) is 19.4. The maximum absolute atomic E-state index is 13.7. The number of rotatable bonds is 13. The van der Waals surface area contributed by atoms with E-state index in [1.165, 1.54) is 30.6 Å². The van der Waals surface area contributed by atoms with Crippen molar-refractivity contribution in [2.45, 2.75) is 71.3 Å². The van der Waals surface area contributed by atoms with Crippen LogP contribution in [0, 0.1) is 5.92 Å². The molecule has 1 aliphatic heterocycles. The van der Waals surface area contributed by atoms with E-state index in [2.05, 4.69) is 39.5 Å². The van der Waals surface area contributed by atoms with Crippen LogP contribution < -0.4 is 0 Å². The number of carbonyl (C=O) groups is 2. The van der Waals surface area contributed by atoms with E-state index < -0.39 is 0 Å². The van der Waals surface area contributed by atoms with Gasteiger partial charge in [-0.05, 0) is 44.7 Å². The van der Waals surface area contributed by atoms with Crippen LogP contribution in [0.5, 0.6) is 0 Å². The lowest BCUT2D eigenvalue weighted by Gasteiger charge is -2.37. The number of unbranched alkanes of at least 4 members (excludes halogenated alkanes) is 3. The van der Waals surface area contributed by atoms with Crippen LogP contribution >= 0.6 is 0 Å². The van der Waals surface area contributed by atoms with Gasteiger partial charge in [0.2, 0.25) is 0 Å². The molecule has 6 heteroatoms. The SMILES string of the molecule is CCCCN1CCN(CC2CCc3c(c4ccccc4n3CCCCCC(=O)CCO)C2=O)CC1. The van der Waals surface area contributed by atoms with E-state index >= 15 is 0 Å². The second-order valence-corrected chi connectivity index (χ2v) is 10.4. The average molecular weight is 482 g/mol. The first-order valence-corrected chi connectivity index (χ1v) is 13.8. The van der Waals surface area contributed by atoms with Gasteiger partial charge in [0.25, 0.3) is 0 Å². The Bertz CT molecular complexity index is 990. The van der Waals surface area contributed by atoms with Crippen LogP contribution in [0.1, 0.15) is 74.3 Å². The summed E-state index contributed by atoms with van der Waals surface area (Å²) in [6.45, 7) is 9.57. The molecule has 1 saturated heterocycles. The molecule has 1 fully saturated rings. The molecule has 0 amide bonds. The van der Waals surface area contributed by atoms with Gasteiger partial charge in [-0.15, -0.1) is 0 Å². The van der Waals surface area contributed by atoms with Crippen molar-refractivity contribution in [2.24, 2.45) is 5.92 Å². The summed E-state index contributed by atoms with van der Waals surface area (Å²) in [7, 11) is 0. The van der Waals surface area contributed by atoms with Crippen molar-refractivity contribution in [3.8, 4) is 0 Å². The number of benzene rings is 1. The maximum atomic E-state index is 13.7. The molecule has 6 nitrogen and oxygen atoms in total. The van der Waals surface area contributed by atoms with Gasteiger partial charge in [-0.1, -0.05) is 38.0 Å². The lowest BCUT2D eigenvalue weighted by atomic mass is 9.84. The van der Waals surface area contributed by atoms with Crippen molar-refractivity contribution in [2.75, 3.05) is 45.9 Å². The Hall–Kier alpha value is -2.02. The largest absolute Gasteiger partial charge is 0.396 e. The molecular weight excluding hydrogens is 438 g/mol. The molecule has 1 aliphatic carbocycles. The molecule has 1 atom stereocenters. The minimum Gasteiger partial charge on any atom is -0.396 e. The number of nitrogens with zero attached hydrogens (tertiary/aromatic N) is 3. The summed E-state index contributed by atoms with van der Waals surface area (Å²) in [6, 6.07) is 8.38. The van der Waals surface area contributed by atoms with Gasteiger partial charge in [-0.2, -0.15) is 0 Å². The van der Waals surface area contributed by atoms with E-state index in [1.807, 2.05) is 6.07 Å². The number of aromatic nitrogens is 1. The maximum Gasteiger partial charge on any atom is 0.169 e. The first kappa shape index (κ1) is 26.1. The highest BCUT2D eigenvalue weighted by atomic mass is 16.3. The minimum absolute atomic E-state index is 0.0511. The monoisotopic (exact) mass is 481 g/mol. The van der Waals surface area contributed by atoms with Crippen molar-refractivity contribution in [3.63, 3.8) is 0 Å². The Morgan fingerprint density at radius 2 is 1.74 bits per heavy atom.